The number of ether oxygens (including phenoxy) is 2. The Labute approximate surface area is 161 Å². The van der Waals surface area contributed by atoms with Crippen LogP contribution < -0.4 is 20.1 Å². The third-order valence-electron chi connectivity index (χ3n) is 3.84. The maximum Gasteiger partial charge on any atom is 0.191 e. The van der Waals surface area contributed by atoms with Crippen LogP contribution in [0, 0.1) is 0 Å². The van der Waals surface area contributed by atoms with Crippen molar-refractivity contribution in [2.24, 2.45) is 4.99 Å². The van der Waals surface area contributed by atoms with Gasteiger partial charge in [0.1, 0.15) is 0 Å². The normalized spacial score (nSPS) is 11.3. The third-order valence-corrected chi connectivity index (χ3v) is 3.84. The summed E-state index contributed by atoms with van der Waals surface area (Å²) in [6.45, 7) is 10.4. The molecule has 7 nitrogen and oxygen atoms in total. The second kappa shape index (κ2) is 11.8. The number of guanidine groups is 1. The fourth-order valence-corrected chi connectivity index (χ4v) is 2.61. The summed E-state index contributed by atoms with van der Waals surface area (Å²) in [5.41, 5.74) is 1.18. The van der Waals surface area contributed by atoms with Gasteiger partial charge in [-0.05, 0) is 44.9 Å². The van der Waals surface area contributed by atoms with E-state index in [1.807, 2.05) is 43.1 Å². The molecule has 1 aromatic heterocycles. The molecule has 0 saturated heterocycles. The Balaban J connectivity index is 1.88. The van der Waals surface area contributed by atoms with Crippen LogP contribution in [0.25, 0.3) is 0 Å². The van der Waals surface area contributed by atoms with Gasteiger partial charge in [0.05, 0.1) is 19.5 Å². The molecule has 2 rings (SSSR count). The average molecular weight is 374 g/mol. The highest BCUT2D eigenvalue weighted by Gasteiger charge is 2.06. The molecule has 2 aromatic rings. The highest BCUT2D eigenvalue weighted by atomic mass is 16.5. The SMILES string of the molecule is CCNC(=NCCc1ccc(OCC)c(OCC)c1)NCCn1ccnc1. The molecule has 27 heavy (non-hydrogen) atoms. The van der Waals surface area contributed by atoms with Crippen LogP contribution in [0.15, 0.2) is 41.9 Å². The largest absolute Gasteiger partial charge is 0.490 e. The fourth-order valence-electron chi connectivity index (χ4n) is 2.61. The van der Waals surface area contributed by atoms with E-state index in [9.17, 15) is 0 Å². The molecule has 0 radical (unpaired) electrons. The number of benzene rings is 1. The van der Waals surface area contributed by atoms with E-state index in [0.29, 0.717) is 19.8 Å². The van der Waals surface area contributed by atoms with Crippen LogP contribution >= 0.6 is 0 Å². The molecular formula is C20H31N5O2. The molecule has 0 aliphatic carbocycles. The number of rotatable bonds is 11. The van der Waals surface area contributed by atoms with Gasteiger partial charge in [-0.15, -0.1) is 0 Å². The van der Waals surface area contributed by atoms with Crippen LogP contribution in [-0.4, -0.2) is 48.4 Å². The van der Waals surface area contributed by atoms with E-state index >= 15 is 0 Å². The van der Waals surface area contributed by atoms with Gasteiger partial charge in [-0.25, -0.2) is 4.98 Å². The quantitative estimate of drug-likeness (QED) is 0.468. The first kappa shape index (κ1) is 20.6. The lowest BCUT2D eigenvalue weighted by atomic mass is 10.1. The second-order valence-electron chi connectivity index (χ2n) is 5.89. The zero-order valence-electron chi connectivity index (χ0n) is 16.6. The number of nitrogens with one attached hydrogen (secondary N) is 2. The Morgan fingerprint density at radius 2 is 1.93 bits per heavy atom. The van der Waals surface area contributed by atoms with Crippen LogP contribution in [0.2, 0.25) is 0 Å². The standard InChI is InChI=1S/C20H31N5O2/c1-4-22-20(24-12-14-25-13-11-21-16-25)23-10-9-17-7-8-18(26-5-2)19(15-17)27-6-3/h7-8,11,13,15-16H,4-6,9-10,12,14H2,1-3H3,(H2,22,23,24). The molecule has 0 atom stereocenters. The minimum absolute atomic E-state index is 0.618. The van der Waals surface area contributed by atoms with Gasteiger partial charge in [0.25, 0.3) is 0 Å². The highest BCUT2D eigenvalue weighted by molar-refractivity contribution is 5.79. The molecule has 7 heteroatoms. The summed E-state index contributed by atoms with van der Waals surface area (Å²) in [5, 5.41) is 6.62. The van der Waals surface area contributed by atoms with Crippen LogP contribution in [0.5, 0.6) is 11.5 Å². The summed E-state index contributed by atoms with van der Waals surface area (Å²) in [6.07, 6.45) is 6.39. The molecule has 0 unspecified atom stereocenters. The molecule has 0 bridgehead atoms. The van der Waals surface area contributed by atoms with E-state index in [2.05, 4.69) is 33.6 Å². The Morgan fingerprint density at radius 1 is 1.11 bits per heavy atom. The van der Waals surface area contributed by atoms with Gasteiger partial charge >= 0.3 is 0 Å². The first-order valence-corrected chi connectivity index (χ1v) is 9.63. The van der Waals surface area contributed by atoms with Gasteiger partial charge in [-0.2, -0.15) is 0 Å². The van der Waals surface area contributed by atoms with E-state index in [4.69, 9.17) is 9.47 Å². The Kier molecular flexibility index (Phi) is 9.03. The van der Waals surface area contributed by atoms with E-state index in [1.165, 1.54) is 5.56 Å². The maximum absolute atomic E-state index is 5.69. The Bertz CT molecular complexity index is 686. The number of aliphatic imine (C=N–C) groups is 1. The first-order valence-electron chi connectivity index (χ1n) is 9.63. The third kappa shape index (κ3) is 7.21. The number of aromatic nitrogens is 2. The van der Waals surface area contributed by atoms with Crippen molar-refractivity contribution >= 4 is 5.96 Å². The number of hydrogen-bond acceptors (Lipinski definition) is 4. The number of imidazole rings is 1. The topological polar surface area (TPSA) is 72.7 Å². The molecule has 0 aliphatic rings. The molecule has 2 N–H and O–H groups in total. The summed E-state index contributed by atoms with van der Waals surface area (Å²) in [6, 6.07) is 6.09. The van der Waals surface area contributed by atoms with Crippen molar-refractivity contribution in [3.63, 3.8) is 0 Å². The molecule has 0 amide bonds. The number of nitrogens with zero attached hydrogens (tertiary/aromatic N) is 3. The molecule has 0 aliphatic heterocycles. The Hall–Kier alpha value is -2.70. The summed E-state index contributed by atoms with van der Waals surface area (Å²) in [7, 11) is 0. The summed E-state index contributed by atoms with van der Waals surface area (Å²) < 4.78 is 13.3. The lowest BCUT2D eigenvalue weighted by Gasteiger charge is -2.13. The molecule has 1 heterocycles. The van der Waals surface area contributed by atoms with Gasteiger partial charge in [0, 0.05) is 38.6 Å². The Morgan fingerprint density at radius 3 is 2.63 bits per heavy atom. The van der Waals surface area contributed by atoms with Crippen molar-refractivity contribution in [2.75, 3.05) is 32.8 Å². The monoisotopic (exact) mass is 373 g/mol. The van der Waals surface area contributed by atoms with Crippen molar-refractivity contribution in [3.05, 3.63) is 42.5 Å². The van der Waals surface area contributed by atoms with Crippen molar-refractivity contribution in [1.29, 1.82) is 0 Å². The predicted molar refractivity (Wildman–Crippen MR) is 109 cm³/mol. The van der Waals surface area contributed by atoms with E-state index < -0.39 is 0 Å². The van der Waals surface area contributed by atoms with E-state index in [1.54, 1.807) is 6.20 Å². The van der Waals surface area contributed by atoms with Crippen molar-refractivity contribution in [3.8, 4) is 11.5 Å². The maximum atomic E-state index is 5.69. The summed E-state index contributed by atoms with van der Waals surface area (Å²) in [4.78, 5) is 8.71. The molecular weight excluding hydrogens is 342 g/mol. The van der Waals surface area contributed by atoms with Gasteiger partial charge < -0.3 is 24.7 Å². The smallest absolute Gasteiger partial charge is 0.191 e. The first-order chi connectivity index (χ1) is 13.3. The van der Waals surface area contributed by atoms with Gasteiger partial charge in [0.15, 0.2) is 17.5 Å². The zero-order chi connectivity index (χ0) is 19.3. The number of hydrogen-bond donors (Lipinski definition) is 2. The summed E-state index contributed by atoms with van der Waals surface area (Å²) >= 11 is 0. The molecule has 0 fully saturated rings. The van der Waals surface area contributed by atoms with E-state index in [0.717, 1.165) is 43.5 Å². The van der Waals surface area contributed by atoms with Gasteiger partial charge in [-0.3, -0.25) is 4.99 Å². The lowest BCUT2D eigenvalue weighted by molar-refractivity contribution is 0.287. The zero-order valence-corrected chi connectivity index (χ0v) is 16.6. The van der Waals surface area contributed by atoms with Crippen LogP contribution in [0.3, 0.4) is 0 Å². The molecule has 0 saturated carbocycles. The lowest BCUT2D eigenvalue weighted by Crippen LogP contribution is -2.39. The van der Waals surface area contributed by atoms with Crippen LogP contribution in [0.4, 0.5) is 0 Å². The van der Waals surface area contributed by atoms with Gasteiger partial charge in [0.2, 0.25) is 0 Å². The second-order valence-corrected chi connectivity index (χ2v) is 5.89. The minimum Gasteiger partial charge on any atom is -0.490 e. The minimum atomic E-state index is 0.618. The van der Waals surface area contributed by atoms with Crippen molar-refractivity contribution in [2.45, 2.75) is 33.7 Å². The fraction of sp³-hybridized carbons (Fsp3) is 0.500. The van der Waals surface area contributed by atoms with Gasteiger partial charge in [-0.1, -0.05) is 6.07 Å². The van der Waals surface area contributed by atoms with Crippen molar-refractivity contribution in [1.82, 2.24) is 20.2 Å². The average Bonchev–Trinajstić information content (AvgIpc) is 3.17. The van der Waals surface area contributed by atoms with Crippen LogP contribution in [0.1, 0.15) is 26.3 Å². The predicted octanol–water partition coefficient (Wildman–Crippen LogP) is 2.48. The molecule has 0 spiro atoms. The highest BCUT2D eigenvalue weighted by Crippen LogP contribution is 2.28. The van der Waals surface area contributed by atoms with Crippen LogP contribution in [-0.2, 0) is 13.0 Å². The molecule has 1 aromatic carbocycles. The molecule has 148 valence electrons. The van der Waals surface area contributed by atoms with Crippen molar-refractivity contribution < 1.29 is 9.47 Å². The van der Waals surface area contributed by atoms with E-state index in [-0.39, 0.29) is 0 Å². The summed E-state index contributed by atoms with van der Waals surface area (Å²) in [5.74, 6) is 2.42.